The second kappa shape index (κ2) is 7.64. The van der Waals surface area contributed by atoms with Gasteiger partial charge in [0.25, 0.3) is 0 Å². The maximum absolute atomic E-state index is 12.5. The van der Waals surface area contributed by atoms with E-state index in [1.54, 1.807) is 24.3 Å². The van der Waals surface area contributed by atoms with E-state index in [-0.39, 0.29) is 6.03 Å². The molecule has 5 nitrogen and oxygen atoms in total. The highest BCUT2D eigenvalue weighted by Gasteiger charge is 2.34. The van der Waals surface area contributed by atoms with Crippen molar-refractivity contribution in [3.05, 3.63) is 0 Å². The number of rotatable bonds is 4. The number of hydrogen-bond acceptors (Lipinski definition) is 5. The fourth-order valence-corrected chi connectivity index (χ4v) is 5.08. The molecule has 126 valence electrons. The molecule has 0 aromatic heterocycles. The van der Waals surface area contributed by atoms with Crippen molar-refractivity contribution in [1.82, 2.24) is 17.2 Å². The first kappa shape index (κ1) is 16.7. The van der Waals surface area contributed by atoms with Crippen LogP contribution < -0.4 is 0 Å². The first-order chi connectivity index (χ1) is 10.6. The largest absolute Gasteiger partial charge is 0.342 e. The first-order valence-corrected chi connectivity index (χ1v) is 10.0. The third-order valence-corrected chi connectivity index (χ3v) is 7.11. The molecule has 3 heterocycles. The Kier molecular flexibility index (Phi) is 5.81. The summed E-state index contributed by atoms with van der Waals surface area (Å²) in [5, 5.41) is 0. The molecular formula is C15H28N4OS2. The fraction of sp³-hybridized carbons (Fsp3) is 0.933. The van der Waals surface area contributed by atoms with Gasteiger partial charge in [-0.15, -0.1) is 0 Å². The maximum Gasteiger partial charge on any atom is 0.342 e. The monoisotopic (exact) mass is 344 g/mol. The summed E-state index contributed by atoms with van der Waals surface area (Å²) in [6.45, 7) is 10.7. The molecule has 2 amide bonds. The number of amides is 2. The number of nitrogens with zero attached hydrogens (tertiary/aromatic N) is 4. The minimum atomic E-state index is 0.173. The van der Waals surface area contributed by atoms with E-state index in [0.717, 1.165) is 51.1 Å². The average Bonchev–Trinajstić information content (AvgIpc) is 2.85. The smallest absolute Gasteiger partial charge is 0.252 e. The van der Waals surface area contributed by atoms with Crippen LogP contribution in [0.4, 0.5) is 4.79 Å². The lowest BCUT2D eigenvalue weighted by atomic mass is 10.0. The number of carbonyl (C=O) groups is 1. The van der Waals surface area contributed by atoms with Gasteiger partial charge in [-0.1, -0.05) is 13.8 Å². The highest BCUT2D eigenvalue weighted by molar-refractivity contribution is 7.96. The van der Waals surface area contributed by atoms with E-state index < -0.39 is 0 Å². The van der Waals surface area contributed by atoms with Crippen LogP contribution in [0.1, 0.15) is 39.5 Å². The van der Waals surface area contributed by atoms with Crippen LogP contribution in [0, 0.1) is 11.8 Å². The number of urea groups is 1. The van der Waals surface area contributed by atoms with Crippen molar-refractivity contribution < 1.29 is 4.79 Å². The lowest BCUT2D eigenvalue weighted by Gasteiger charge is -2.32. The van der Waals surface area contributed by atoms with Gasteiger partial charge >= 0.3 is 6.03 Å². The van der Waals surface area contributed by atoms with Crippen LogP contribution in [0.5, 0.6) is 0 Å². The quantitative estimate of drug-likeness (QED) is 0.730. The van der Waals surface area contributed by atoms with E-state index in [1.165, 1.54) is 25.7 Å². The third-order valence-electron chi connectivity index (χ3n) is 4.85. The van der Waals surface area contributed by atoms with E-state index in [4.69, 9.17) is 0 Å². The molecule has 0 spiro atoms. The molecule has 0 unspecified atom stereocenters. The molecule has 0 bridgehead atoms. The van der Waals surface area contributed by atoms with Gasteiger partial charge in [0, 0.05) is 50.4 Å². The lowest BCUT2D eigenvalue weighted by molar-refractivity contribution is 0.224. The van der Waals surface area contributed by atoms with Gasteiger partial charge in [-0.05, 0) is 37.5 Å². The molecule has 3 aliphatic rings. The molecule has 0 atom stereocenters. The molecule has 0 aromatic rings. The van der Waals surface area contributed by atoms with Gasteiger partial charge < -0.3 is 0 Å². The molecule has 0 radical (unpaired) electrons. The predicted octanol–water partition coefficient (Wildman–Crippen LogP) is 3.31. The minimum Gasteiger partial charge on any atom is -0.252 e. The summed E-state index contributed by atoms with van der Waals surface area (Å²) in [5.41, 5.74) is 0. The standard InChI is InChI=1S/C15H28N4OS2/c1-13-3-7-16(8-4-13)21-18-11-12-19(15(18)20)22-17-9-5-14(2)6-10-17/h13-14H,3-12H2,1-2H3. The van der Waals surface area contributed by atoms with Crippen LogP contribution in [0.2, 0.25) is 0 Å². The topological polar surface area (TPSA) is 30.0 Å². The zero-order valence-electron chi connectivity index (χ0n) is 13.7. The van der Waals surface area contributed by atoms with Crippen molar-refractivity contribution in [2.24, 2.45) is 11.8 Å². The summed E-state index contributed by atoms with van der Waals surface area (Å²) in [6.07, 6.45) is 5.00. The highest BCUT2D eigenvalue weighted by atomic mass is 32.2. The van der Waals surface area contributed by atoms with Crippen LogP contribution in [0.3, 0.4) is 0 Å². The van der Waals surface area contributed by atoms with Gasteiger partial charge in [-0.2, -0.15) is 0 Å². The van der Waals surface area contributed by atoms with Crippen LogP contribution >= 0.6 is 24.3 Å². The fourth-order valence-electron chi connectivity index (χ4n) is 3.06. The number of piperidine rings is 2. The number of carbonyl (C=O) groups excluding carboxylic acids is 1. The molecule has 0 aromatic carbocycles. The second-order valence-electron chi connectivity index (χ2n) is 6.87. The molecule has 3 rings (SSSR count). The van der Waals surface area contributed by atoms with Crippen molar-refractivity contribution in [3.63, 3.8) is 0 Å². The molecule has 22 heavy (non-hydrogen) atoms. The van der Waals surface area contributed by atoms with Crippen molar-refractivity contribution in [2.75, 3.05) is 39.3 Å². The van der Waals surface area contributed by atoms with Crippen molar-refractivity contribution in [3.8, 4) is 0 Å². The van der Waals surface area contributed by atoms with E-state index in [0.29, 0.717) is 0 Å². The van der Waals surface area contributed by atoms with Gasteiger partial charge in [0.15, 0.2) is 0 Å². The highest BCUT2D eigenvalue weighted by Crippen LogP contribution is 2.32. The summed E-state index contributed by atoms with van der Waals surface area (Å²) >= 11 is 3.30. The van der Waals surface area contributed by atoms with Crippen molar-refractivity contribution in [2.45, 2.75) is 39.5 Å². The number of hydrogen-bond donors (Lipinski definition) is 0. The predicted molar refractivity (Wildman–Crippen MR) is 93.9 cm³/mol. The van der Waals surface area contributed by atoms with Crippen molar-refractivity contribution >= 4 is 30.3 Å². The van der Waals surface area contributed by atoms with Gasteiger partial charge in [0.05, 0.1) is 13.1 Å². The Morgan fingerprint density at radius 1 is 0.727 bits per heavy atom. The summed E-state index contributed by atoms with van der Waals surface area (Å²) in [4.78, 5) is 12.5. The van der Waals surface area contributed by atoms with Crippen LogP contribution in [0.15, 0.2) is 0 Å². The summed E-state index contributed by atoms with van der Waals surface area (Å²) in [5.74, 6) is 1.67. The minimum absolute atomic E-state index is 0.173. The van der Waals surface area contributed by atoms with Crippen LogP contribution in [-0.4, -0.2) is 62.5 Å². The zero-order chi connectivity index (χ0) is 15.5. The maximum atomic E-state index is 12.5. The SMILES string of the molecule is CC1CCN(SN2CCN(SN3CCC(C)CC3)C2=O)CC1. The summed E-state index contributed by atoms with van der Waals surface area (Å²) in [6, 6.07) is 0.173. The third kappa shape index (κ3) is 4.24. The Morgan fingerprint density at radius 3 is 1.45 bits per heavy atom. The van der Waals surface area contributed by atoms with E-state index >= 15 is 0 Å². The van der Waals surface area contributed by atoms with E-state index in [1.807, 2.05) is 8.61 Å². The molecule has 0 aliphatic carbocycles. The lowest BCUT2D eigenvalue weighted by Crippen LogP contribution is -2.35. The zero-order valence-corrected chi connectivity index (χ0v) is 15.4. The molecule has 0 N–H and O–H groups in total. The van der Waals surface area contributed by atoms with Crippen LogP contribution in [-0.2, 0) is 0 Å². The normalized spacial score (nSPS) is 27.1. The van der Waals surface area contributed by atoms with Crippen molar-refractivity contribution in [1.29, 1.82) is 0 Å². The Bertz CT molecular complexity index is 348. The molecule has 3 fully saturated rings. The molecule has 7 heteroatoms. The molecule has 3 aliphatic heterocycles. The van der Waals surface area contributed by atoms with Gasteiger partial charge in [0.1, 0.15) is 0 Å². The summed E-state index contributed by atoms with van der Waals surface area (Å²) in [7, 11) is 0. The second-order valence-corrected chi connectivity index (χ2v) is 9.11. The Morgan fingerprint density at radius 2 is 1.09 bits per heavy atom. The summed E-state index contributed by atoms with van der Waals surface area (Å²) < 4.78 is 8.59. The van der Waals surface area contributed by atoms with E-state index in [2.05, 4.69) is 22.5 Å². The van der Waals surface area contributed by atoms with Gasteiger partial charge in [0.2, 0.25) is 0 Å². The van der Waals surface area contributed by atoms with E-state index in [9.17, 15) is 4.79 Å². The van der Waals surface area contributed by atoms with Gasteiger partial charge in [-0.25, -0.2) is 13.4 Å². The Balaban J connectivity index is 1.43. The first-order valence-electron chi connectivity index (χ1n) is 8.57. The molecule has 0 saturated carbocycles. The van der Waals surface area contributed by atoms with Gasteiger partial charge in [-0.3, -0.25) is 8.61 Å². The molecule has 3 saturated heterocycles. The molecular weight excluding hydrogens is 316 g/mol. The average molecular weight is 345 g/mol. The van der Waals surface area contributed by atoms with Crippen LogP contribution in [0.25, 0.3) is 0 Å². The Hall–Kier alpha value is -0.110. The Labute approximate surface area is 143 Å².